The molecule has 0 saturated carbocycles. The average molecular weight is 351 g/mol. The van der Waals surface area contributed by atoms with Crippen molar-refractivity contribution in [2.45, 2.75) is 0 Å². The number of carbonyl (C=O) groups excluding carboxylic acids is 1. The van der Waals surface area contributed by atoms with Gasteiger partial charge in [-0.05, 0) is 18.2 Å². The average Bonchev–Trinajstić information content (AvgIpc) is 2.85. The van der Waals surface area contributed by atoms with Crippen LogP contribution in [0.25, 0.3) is 10.9 Å². The van der Waals surface area contributed by atoms with E-state index in [4.69, 9.17) is 5.73 Å². The number of nitrogens with one attached hydrogen (secondary N) is 1. The topological polar surface area (TPSA) is 58.9 Å². The molecule has 3 N–H and O–H groups in total. The van der Waals surface area contributed by atoms with Gasteiger partial charge in [0.15, 0.2) is 5.78 Å². The fraction of sp³-hybridized carbons (Fsp3) is 0. The highest BCUT2D eigenvalue weighted by molar-refractivity contribution is 9.10. The molecule has 1 aromatic heterocycles. The van der Waals surface area contributed by atoms with Crippen LogP contribution in [0.4, 0.5) is 14.5 Å². The Morgan fingerprint density at radius 1 is 1.10 bits per heavy atom. The van der Waals surface area contributed by atoms with Gasteiger partial charge in [-0.3, -0.25) is 4.79 Å². The minimum Gasteiger partial charge on any atom is -0.396 e. The van der Waals surface area contributed by atoms with E-state index in [1.54, 1.807) is 12.1 Å². The molecule has 0 fully saturated rings. The van der Waals surface area contributed by atoms with Crippen LogP contribution in [0.15, 0.2) is 41.0 Å². The predicted molar refractivity (Wildman–Crippen MR) is 80.2 cm³/mol. The van der Waals surface area contributed by atoms with E-state index >= 15 is 0 Å². The van der Waals surface area contributed by atoms with E-state index in [0.29, 0.717) is 17.0 Å². The van der Waals surface area contributed by atoms with Gasteiger partial charge in [-0.25, -0.2) is 8.78 Å². The van der Waals surface area contributed by atoms with Gasteiger partial charge in [0, 0.05) is 33.2 Å². The van der Waals surface area contributed by atoms with Crippen LogP contribution in [-0.2, 0) is 0 Å². The summed E-state index contributed by atoms with van der Waals surface area (Å²) in [7, 11) is 0. The van der Waals surface area contributed by atoms with Crippen LogP contribution in [0.5, 0.6) is 0 Å². The summed E-state index contributed by atoms with van der Waals surface area (Å²) in [6.45, 7) is 0. The number of benzene rings is 2. The number of aromatic amines is 1. The number of hydrogen-bond acceptors (Lipinski definition) is 2. The van der Waals surface area contributed by atoms with Crippen molar-refractivity contribution in [2.75, 3.05) is 5.73 Å². The minimum absolute atomic E-state index is 0.252. The number of anilines is 1. The first-order chi connectivity index (χ1) is 9.97. The molecule has 3 rings (SSSR count). The molecule has 0 unspecified atom stereocenters. The number of ketones is 1. The van der Waals surface area contributed by atoms with Crippen LogP contribution < -0.4 is 5.73 Å². The van der Waals surface area contributed by atoms with Crippen LogP contribution in [0.3, 0.4) is 0 Å². The Hall–Kier alpha value is -2.21. The molecule has 21 heavy (non-hydrogen) atoms. The molecule has 0 aliphatic rings. The number of H-pyrrole nitrogens is 1. The molecule has 0 spiro atoms. The fourth-order valence-corrected chi connectivity index (χ4v) is 2.53. The summed E-state index contributed by atoms with van der Waals surface area (Å²) in [5.74, 6) is -2.36. The lowest BCUT2D eigenvalue weighted by Crippen LogP contribution is -2.06. The lowest BCUT2D eigenvalue weighted by molar-refractivity contribution is 0.103. The molecule has 0 aliphatic heterocycles. The summed E-state index contributed by atoms with van der Waals surface area (Å²) in [6.07, 6.45) is 1.50. The van der Waals surface area contributed by atoms with Crippen molar-refractivity contribution in [3.8, 4) is 0 Å². The van der Waals surface area contributed by atoms with Gasteiger partial charge in [0.2, 0.25) is 0 Å². The summed E-state index contributed by atoms with van der Waals surface area (Å²) in [5, 5.41) is 0.658. The molecule has 0 saturated heterocycles. The van der Waals surface area contributed by atoms with Gasteiger partial charge in [-0.2, -0.15) is 0 Å². The van der Waals surface area contributed by atoms with Crippen LogP contribution in [-0.4, -0.2) is 10.8 Å². The Kier molecular flexibility index (Phi) is 3.25. The third-order valence-electron chi connectivity index (χ3n) is 3.22. The van der Waals surface area contributed by atoms with E-state index in [-0.39, 0.29) is 11.3 Å². The van der Waals surface area contributed by atoms with Crippen LogP contribution in [0.2, 0.25) is 0 Å². The number of aromatic nitrogens is 1. The van der Waals surface area contributed by atoms with Gasteiger partial charge in [0.05, 0.1) is 11.3 Å². The maximum Gasteiger partial charge on any atom is 0.198 e. The number of hydrogen-bond donors (Lipinski definition) is 2. The molecule has 3 nitrogen and oxygen atoms in total. The quantitative estimate of drug-likeness (QED) is 0.541. The Bertz CT molecular complexity index is 873. The largest absolute Gasteiger partial charge is 0.396 e. The van der Waals surface area contributed by atoms with E-state index in [2.05, 4.69) is 20.9 Å². The Labute approximate surface area is 126 Å². The summed E-state index contributed by atoms with van der Waals surface area (Å²) in [4.78, 5) is 15.4. The molecular weight excluding hydrogens is 342 g/mol. The molecule has 3 aromatic rings. The first kappa shape index (κ1) is 13.8. The summed E-state index contributed by atoms with van der Waals surface area (Å²) >= 11 is 3.33. The zero-order chi connectivity index (χ0) is 15.1. The highest BCUT2D eigenvalue weighted by Crippen LogP contribution is 2.26. The second kappa shape index (κ2) is 4.96. The van der Waals surface area contributed by atoms with Crippen LogP contribution >= 0.6 is 15.9 Å². The van der Waals surface area contributed by atoms with Crippen molar-refractivity contribution < 1.29 is 13.6 Å². The Balaban J connectivity index is 2.15. The number of fused-ring (bicyclic) bond motifs is 1. The van der Waals surface area contributed by atoms with Gasteiger partial charge in [-0.15, -0.1) is 0 Å². The molecule has 6 heteroatoms. The third kappa shape index (κ3) is 2.31. The molecule has 1 heterocycles. The smallest absolute Gasteiger partial charge is 0.198 e. The van der Waals surface area contributed by atoms with Gasteiger partial charge >= 0.3 is 0 Å². The molecular formula is C15H9BrF2N2O. The van der Waals surface area contributed by atoms with Crippen molar-refractivity contribution >= 4 is 38.3 Å². The number of halogens is 3. The summed E-state index contributed by atoms with van der Waals surface area (Å²) < 4.78 is 27.8. The Morgan fingerprint density at radius 3 is 2.62 bits per heavy atom. The maximum atomic E-state index is 13.8. The second-order valence-electron chi connectivity index (χ2n) is 4.57. The molecule has 2 aromatic carbocycles. The van der Waals surface area contributed by atoms with E-state index < -0.39 is 17.4 Å². The van der Waals surface area contributed by atoms with Crippen LogP contribution in [0.1, 0.15) is 15.9 Å². The van der Waals surface area contributed by atoms with Gasteiger partial charge in [-0.1, -0.05) is 22.0 Å². The molecule has 0 atom stereocenters. The van der Waals surface area contributed by atoms with Crippen molar-refractivity contribution in [2.24, 2.45) is 0 Å². The van der Waals surface area contributed by atoms with Crippen molar-refractivity contribution in [3.63, 3.8) is 0 Å². The maximum absolute atomic E-state index is 13.8. The molecule has 0 aliphatic carbocycles. The van der Waals surface area contributed by atoms with Crippen molar-refractivity contribution in [1.29, 1.82) is 0 Å². The molecule has 106 valence electrons. The SMILES string of the molecule is Nc1cc(C(=O)c2c[nH]c3cc(Br)ccc23)c(F)cc1F. The van der Waals surface area contributed by atoms with E-state index in [0.717, 1.165) is 16.1 Å². The number of rotatable bonds is 2. The number of nitrogens with two attached hydrogens (primary N) is 1. The van der Waals surface area contributed by atoms with E-state index in [9.17, 15) is 13.6 Å². The standard InChI is InChI=1S/C15H9BrF2N2O/c16-7-1-2-8-10(6-20-14(8)3-7)15(21)9-4-13(19)12(18)5-11(9)17/h1-6,20H,19H2. The van der Waals surface area contributed by atoms with Gasteiger partial charge in [0.25, 0.3) is 0 Å². The predicted octanol–water partition coefficient (Wildman–Crippen LogP) is 4.02. The van der Waals surface area contributed by atoms with Gasteiger partial charge in [0.1, 0.15) is 11.6 Å². The lowest BCUT2D eigenvalue weighted by atomic mass is 10.0. The van der Waals surface area contributed by atoms with Crippen molar-refractivity contribution in [3.05, 3.63) is 63.8 Å². The van der Waals surface area contributed by atoms with E-state index in [1.807, 2.05) is 6.07 Å². The second-order valence-corrected chi connectivity index (χ2v) is 5.49. The zero-order valence-electron chi connectivity index (χ0n) is 10.6. The highest BCUT2D eigenvalue weighted by atomic mass is 79.9. The zero-order valence-corrected chi connectivity index (χ0v) is 12.2. The monoisotopic (exact) mass is 350 g/mol. The minimum atomic E-state index is -0.932. The van der Waals surface area contributed by atoms with E-state index in [1.165, 1.54) is 6.20 Å². The normalized spacial score (nSPS) is 11.0. The molecule has 0 radical (unpaired) electrons. The first-order valence-electron chi connectivity index (χ1n) is 6.03. The lowest BCUT2D eigenvalue weighted by Gasteiger charge is -2.04. The number of carbonyl (C=O) groups is 1. The van der Waals surface area contributed by atoms with Crippen molar-refractivity contribution in [1.82, 2.24) is 4.98 Å². The molecule has 0 amide bonds. The highest BCUT2D eigenvalue weighted by Gasteiger charge is 2.19. The summed E-state index contributed by atoms with van der Waals surface area (Å²) in [6, 6.07) is 6.97. The third-order valence-corrected chi connectivity index (χ3v) is 3.71. The molecule has 0 bridgehead atoms. The van der Waals surface area contributed by atoms with Crippen LogP contribution in [0, 0.1) is 11.6 Å². The first-order valence-corrected chi connectivity index (χ1v) is 6.82. The Morgan fingerprint density at radius 2 is 1.86 bits per heavy atom. The number of nitrogen functional groups attached to an aromatic ring is 1. The summed E-state index contributed by atoms with van der Waals surface area (Å²) in [5.41, 5.74) is 5.94. The fourth-order valence-electron chi connectivity index (χ4n) is 2.17. The van der Waals surface area contributed by atoms with Gasteiger partial charge < -0.3 is 10.7 Å².